The van der Waals surface area contributed by atoms with Crippen LogP contribution in [-0.4, -0.2) is 4.98 Å². The number of furan rings is 1. The quantitative estimate of drug-likeness (QED) is 0.931. The van der Waals surface area contributed by atoms with Gasteiger partial charge in [0.2, 0.25) is 0 Å². The van der Waals surface area contributed by atoms with Gasteiger partial charge in [0.1, 0.15) is 5.76 Å². The summed E-state index contributed by atoms with van der Waals surface area (Å²) < 4.78 is 6.28. The summed E-state index contributed by atoms with van der Waals surface area (Å²) in [6.45, 7) is 4.20. The van der Waals surface area contributed by atoms with E-state index in [1.54, 1.807) is 6.20 Å². The highest BCUT2D eigenvalue weighted by Crippen LogP contribution is 2.22. The number of hydrogen-bond acceptors (Lipinski definition) is 3. The Morgan fingerprint density at radius 2 is 2.06 bits per heavy atom. The smallest absolute Gasteiger partial charge is 0.169 e. The molecule has 0 saturated heterocycles. The van der Waals surface area contributed by atoms with Crippen molar-refractivity contribution in [2.45, 2.75) is 25.9 Å². The molecule has 0 aliphatic rings. The zero-order chi connectivity index (χ0) is 12.3. The molecule has 0 aliphatic carbocycles. The van der Waals surface area contributed by atoms with Crippen molar-refractivity contribution in [3.63, 3.8) is 0 Å². The van der Waals surface area contributed by atoms with Crippen LogP contribution < -0.4 is 5.32 Å². The third kappa shape index (κ3) is 3.17. The molecule has 0 aromatic carbocycles. The Morgan fingerprint density at radius 3 is 2.65 bits per heavy atom. The van der Waals surface area contributed by atoms with E-state index in [1.165, 1.54) is 5.56 Å². The van der Waals surface area contributed by atoms with Crippen LogP contribution in [0.15, 0.2) is 45.7 Å². The lowest BCUT2D eigenvalue weighted by Gasteiger charge is -2.18. The third-order valence-corrected chi connectivity index (χ3v) is 3.13. The standard InChI is InChI=1S/C13H15BrN2O/c1-9(11-4-3-7-15-8-11)16-10(2)12-5-6-13(14)17-12/h3-10,16H,1-2H3/t9-,10?/m0/s1. The van der Waals surface area contributed by atoms with Gasteiger partial charge >= 0.3 is 0 Å². The van der Waals surface area contributed by atoms with Crippen molar-refractivity contribution >= 4 is 15.9 Å². The summed E-state index contributed by atoms with van der Waals surface area (Å²) in [5.41, 5.74) is 1.17. The number of nitrogens with one attached hydrogen (secondary N) is 1. The predicted molar refractivity (Wildman–Crippen MR) is 70.6 cm³/mol. The van der Waals surface area contributed by atoms with Gasteiger partial charge in [0.05, 0.1) is 6.04 Å². The van der Waals surface area contributed by atoms with E-state index in [1.807, 2.05) is 24.4 Å². The van der Waals surface area contributed by atoms with E-state index in [2.05, 4.69) is 46.1 Å². The van der Waals surface area contributed by atoms with Crippen LogP contribution in [0.1, 0.15) is 37.3 Å². The summed E-state index contributed by atoms with van der Waals surface area (Å²) in [5, 5.41) is 3.47. The monoisotopic (exact) mass is 294 g/mol. The number of aromatic nitrogens is 1. The first-order valence-electron chi connectivity index (χ1n) is 5.58. The zero-order valence-corrected chi connectivity index (χ0v) is 11.4. The van der Waals surface area contributed by atoms with Crippen LogP contribution in [0.5, 0.6) is 0 Å². The van der Waals surface area contributed by atoms with Gasteiger partial charge in [-0.1, -0.05) is 6.07 Å². The van der Waals surface area contributed by atoms with Crippen molar-refractivity contribution in [1.82, 2.24) is 10.3 Å². The van der Waals surface area contributed by atoms with Crippen LogP contribution >= 0.6 is 15.9 Å². The molecule has 0 fully saturated rings. The van der Waals surface area contributed by atoms with Crippen molar-refractivity contribution in [1.29, 1.82) is 0 Å². The molecule has 0 radical (unpaired) electrons. The minimum absolute atomic E-state index is 0.163. The van der Waals surface area contributed by atoms with Crippen LogP contribution in [-0.2, 0) is 0 Å². The zero-order valence-electron chi connectivity index (χ0n) is 9.85. The summed E-state index contributed by atoms with van der Waals surface area (Å²) in [7, 11) is 0. The van der Waals surface area contributed by atoms with Crippen LogP contribution in [0.2, 0.25) is 0 Å². The summed E-state index contributed by atoms with van der Waals surface area (Å²) in [5.74, 6) is 0.924. The number of rotatable bonds is 4. The summed E-state index contributed by atoms with van der Waals surface area (Å²) in [6, 6.07) is 8.29. The highest BCUT2D eigenvalue weighted by Gasteiger charge is 2.13. The lowest BCUT2D eigenvalue weighted by atomic mass is 10.1. The van der Waals surface area contributed by atoms with Gasteiger partial charge in [-0.05, 0) is 53.5 Å². The Hall–Kier alpha value is -1.13. The highest BCUT2D eigenvalue weighted by molar-refractivity contribution is 9.10. The van der Waals surface area contributed by atoms with Gasteiger partial charge in [-0.2, -0.15) is 0 Å². The van der Waals surface area contributed by atoms with Crippen LogP contribution in [0.25, 0.3) is 0 Å². The van der Waals surface area contributed by atoms with E-state index in [4.69, 9.17) is 4.42 Å². The lowest BCUT2D eigenvalue weighted by Crippen LogP contribution is -2.22. The molecule has 2 aromatic heterocycles. The van der Waals surface area contributed by atoms with Gasteiger partial charge in [-0.3, -0.25) is 4.98 Å². The maximum atomic E-state index is 5.52. The van der Waals surface area contributed by atoms with Gasteiger partial charge in [0.25, 0.3) is 0 Å². The average Bonchev–Trinajstić information content (AvgIpc) is 2.77. The first kappa shape index (κ1) is 12.3. The number of hydrogen-bond donors (Lipinski definition) is 1. The van der Waals surface area contributed by atoms with Crippen molar-refractivity contribution in [3.05, 3.63) is 52.7 Å². The van der Waals surface area contributed by atoms with E-state index >= 15 is 0 Å². The fourth-order valence-electron chi connectivity index (χ4n) is 1.75. The molecule has 0 saturated carbocycles. The Labute approximate surface area is 109 Å². The van der Waals surface area contributed by atoms with Crippen molar-refractivity contribution in [2.75, 3.05) is 0 Å². The molecule has 2 rings (SSSR count). The van der Waals surface area contributed by atoms with Gasteiger partial charge in [-0.15, -0.1) is 0 Å². The molecule has 1 N–H and O–H groups in total. The van der Waals surface area contributed by atoms with Gasteiger partial charge < -0.3 is 9.73 Å². The SMILES string of the molecule is CC(N[C@@H](C)c1cccnc1)c1ccc(Br)o1. The fraction of sp³-hybridized carbons (Fsp3) is 0.308. The first-order chi connectivity index (χ1) is 8.16. The Bertz CT molecular complexity index is 469. The Balaban J connectivity index is 2.02. The molecule has 2 atom stereocenters. The molecule has 2 aromatic rings. The van der Waals surface area contributed by atoms with E-state index in [0.717, 1.165) is 10.4 Å². The summed E-state index contributed by atoms with van der Waals surface area (Å²) in [6.07, 6.45) is 3.66. The van der Waals surface area contributed by atoms with Crippen LogP contribution in [0, 0.1) is 0 Å². The van der Waals surface area contributed by atoms with E-state index in [9.17, 15) is 0 Å². The maximum Gasteiger partial charge on any atom is 0.169 e. The molecular weight excluding hydrogens is 280 g/mol. The molecule has 2 heterocycles. The molecule has 3 nitrogen and oxygen atoms in total. The van der Waals surface area contributed by atoms with Crippen molar-refractivity contribution < 1.29 is 4.42 Å². The predicted octanol–water partition coefficient (Wildman–Crippen LogP) is 3.85. The Morgan fingerprint density at radius 1 is 1.24 bits per heavy atom. The second-order valence-electron chi connectivity index (χ2n) is 4.04. The van der Waals surface area contributed by atoms with Gasteiger partial charge in [0.15, 0.2) is 4.67 Å². The molecule has 4 heteroatoms. The fourth-order valence-corrected chi connectivity index (χ4v) is 2.07. The second kappa shape index (κ2) is 5.47. The van der Waals surface area contributed by atoms with E-state index in [-0.39, 0.29) is 12.1 Å². The molecule has 0 aliphatic heterocycles. The molecule has 90 valence electrons. The van der Waals surface area contributed by atoms with E-state index in [0.29, 0.717) is 0 Å². The normalized spacial score (nSPS) is 14.5. The summed E-state index contributed by atoms with van der Waals surface area (Å²) >= 11 is 3.31. The number of halogens is 1. The molecular formula is C13H15BrN2O. The molecule has 0 bridgehead atoms. The minimum atomic E-state index is 0.163. The van der Waals surface area contributed by atoms with Crippen molar-refractivity contribution in [3.8, 4) is 0 Å². The first-order valence-corrected chi connectivity index (χ1v) is 6.37. The minimum Gasteiger partial charge on any atom is -0.453 e. The lowest BCUT2D eigenvalue weighted by molar-refractivity contribution is 0.393. The highest BCUT2D eigenvalue weighted by atomic mass is 79.9. The average molecular weight is 295 g/mol. The second-order valence-corrected chi connectivity index (χ2v) is 4.82. The van der Waals surface area contributed by atoms with Crippen LogP contribution in [0.4, 0.5) is 0 Å². The van der Waals surface area contributed by atoms with Crippen molar-refractivity contribution in [2.24, 2.45) is 0 Å². The van der Waals surface area contributed by atoms with E-state index < -0.39 is 0 Å². The molecule has 0 spiro atoms. The summed E-state index contributed by atoms with van der Waals surface area (Å²) in [4.78, 5) is 4.12. The largest absolute Gasteiger partial charge is 0.453 e. The van der Waals surface area contributed by atoms with Crippen LogP contribution in [0.3, 0.4) is 0 Å². The molecule has 17 heavy (non-hydrogen) atoms. The number of pyridine rings is 1. The van der Waals surface area contributed by atoms with Gasteiger partial charge in [0, 0.05) is 18.4 Å². The Kier molecular flexibility index (Phi) is 3.97. The number of nitrogens with zero attached hydrogens (tertiary/aromatic N) is 1. The van der Waals surface area contributed by atoms with Gasteiger partial charge in [-0.25, -0.2) is 0 Å². The molecule has 0 amide bonds. The maximum absolute atomic E-state index is 5.52. The topological polar surface area (TPSA) is 38.1 Å². The molecule has 1 unspecified atom stereocenters. The third-order valence-electron chi connectivity index (χ3n) is 2.71.